The molecule has 0 saturated carbocycles. The Kier molecular flexibility index (Phi) is 7.32. The number of aromatic nitrogens is 4. The van der Waals surface area contributed by atoms with E-state index in [9.17, 15) is 9.90 Å². The Labute approximate surface area is 216 Å². The van der Waals surface area contributed by atoms with Crippen LogP contribution in [-0.4, -0.2) is 63.0 Å². The highest BCUT2D eigenvalue weighted by Gasteiger charge is 2.21. The van der Waals surface area contributed by atoms with E-state index in [-0.39, 0.29) is 6.42 Å². The van der Waals surface area contributed by atoms with Crippen molar-refractivity contribution in [2.24, 2.45) is 0 Å². The van der Waals surface area contributed by atoms with Crippen LogP contribution in [-0.2, 0) is 24.2 Å². The minimum absolute atomic E-state index is 0.0918. The van der Waals surface area contributed by atoms with Crippen molar-refractivity contribution in [1.29, 1.82) is 0 Å². The Morgan fingerprint density at radius 3 is 2.92 bits per heavy atom. The third kappa shape index (κ3) is 5.89. The molecule has 0 saturated heterocycles. The summed E-state index contributed by atoms with van der Waals surface area (Å²) in [4.78, 5) is 22.9. The predicted molar refractivity (Wildman–Crippen MR) is 142 cm³/mol. The quantitative estimate of drug-likeness (QED) is 0.337. The van der Waals surface area contributed by atoms with Gasteiger partial charge in [-0.3, -0.25) is 19.4 Å². The molecule has 2 N–H and O–H groups in total. The zero-order valence-electron chi connectivity index (χ0n) is 21.2. The van der Waals surface area contributed by atoms with Gasteiger partial charge in [0.15, 0.2) is 0 Å². The van der Waals surface area contributed by atoms with Crippen molar-refractivity contribution in [2.75, 3.05) is 32.6 Å². The molecule has 1 atom stereocenters. The number of pyridine rings is 2. The lowest BCUT2D eigenvalue weighted by Gasteiger charge is -2.19. The first-order valence-electron chi connectivity index (χ1n) is 12.6. The van der Waals surface area contributed by atoms with Crippen LogP contribution in [0.2, 0.25) is 0 Å². The number of carbonyl (C=O) groups is 1. The van der Waals surface area contributed by atoms with Crippen molar-refractivity contribution in [3.8, 4) is 5.75 Å². The number of anilines is 1. The molecule has 192 valence electrons. The molecule has 1 aliphatic heterocycles. The fraction of sp³-hybridized carbons (Fsp3) is 0.357. The summed E-state index contributed by atoms with van der Waals surface area (Å²) in [6.45, 7) is 2.25. The number of hydrogen-bond acceptors (Lipinski definition) is 7. The monoisotopic (exact) mass is 500 g/mol. The van der Waals surface area contributed by atoms with E-state index in [4.69, 9.17) is 9.72 Å². The molecule has 37 heavy (non-hydrogen) atoms. The number of nitrogens with one attached hydrogen (secondary N) is 1. The average Bonchev–Trinajstić information content (AvgIpc) is 3.30. The van der Waals surface area contributed by atoms with Gasteiger partial charge in [-0.05, 0) is 74.5 Å². The fourth-order valence-electron chi connectivity index (χ4n) is 4.81. The van der Waals surface area contributed by atoms with Crippen LogP contribution >= 0.6 is 0 Å². The van der Waals surface area contributed by atoms with E-state index in [0.29, 0.717) is 6.61 Å². The van der Waals surface area contributed by atoms with Gasteiger partial charge in [-0.15, -0.1) is 0 Å². The molecule has 0 bridgehead atoms. The lowest BCUT2D eigenvalue weighted by Crippen LogP contribution is -2.17. The van der Waals surface area contributed by atoms with Crippen LogP contribution in [0.25, 0.3) is 10.9 Å². The number of aliphatic carboxylic acids is 1. The normalized spacial score (nSPS) is 13.8. The first kappa shape index (κ1) is 24.7. The van der Waals surface area contributed by atoms with E-state index in [1.807, 2.05) is 44.6 Å². The maximum absolute atomic E-state index is 11.7. The van der Waals surface area contributed by atoms with Gasteiger partial charge in [0.25, 0.3) is 0 Å². The van der Waals surface area contributed by atoms with E-state index < -0.39 is 12.0 Å². The van der Waals surface area contributed by atoms with Gasteiger partial charge in [-0.2, -0.15) is 5.10 Å². The molecule has 4 aromatic rings. The van der Waals surface area contributed by atoms with Gasteiger partial charge in [-0.1, -0.05) is 0 Å². The highest BCUT2D eigenvalue weighted by atomic mass is 16.5. The van der Waals surface area contributed by atoms with Gasteiger partial charge in [0.1, 0.15) is 5.75 Å². The maximum Gasteiger partial charge on any atom is 0.305 e. The molecule has 9 heteroatoms. The highest BCUT2D eigenvalue weighted by molar-refractivity contribution is 5.81. The van der Waals surface area contributed by atoms with E-state index in [1.165, 1.54) is 0 Å². The third-order valence-electron chi connectivity index (χ3n) is 6.49. The number of fused-ring (bicyclic) bond motifs is 2. The molecule has 1 aromatic carbocycles. The van der Waals surface area contributed by atoms with E-state index in [0.717, 1.165) is 77.2 Å². The molecule has 0 spiro atoms. The summed E-state index contributed by atoms with van der Waals surface area (Å²) in [7, 11) is 3.98. The van der Waals surface area contributed by atoms with Crippen LogP contribution in [0.1, 0.15) is 41.4 Å². The van der Waals surface area contributed by atoms with Crippen LogP contribution in [0.5, 0.6) is 5.75 Å². The number of benzene rings is 1. The number of carboxylic acids is 1. The number of aryl methyl sites for hydroxylation is 1. The lowest BCUT2D eigenvalue weighted by molar-refractivity contribution is -0.137. The molecule has 4 heterocycles. The van der Waals surface area contributed by atoms with Crippen LogP contribution in [0.15, 0.2) is 55.0 Å². The molecule has 3 aromatic heterocycles. The van der Waals surface area contributed by atoms with Gasteiger partial charge < -0.3 is 20.1 Å². The number of rotatable bonds is 10. The molecule has 1 unspecified atom stereocenters. The van der Waals surface area contributed by atoms with Gasteiger partial charge in [0.2, 0.25) is 0 Å². The predicted octanol–water partition coefficient (Wildman–Crippen LogP) is 3.93. The van der Waals surface area contributed by atoms with Crippen molar-refractivity contribution < 1.29 is 14.6 Å². The maximum atomic E-state index is 11.7. The van der Waals surface area contributed by atoms with Crippen molar-refractivity contribution >= 4 is 22.6 Å². The summed E-state index contributed by atoms with van der Waals surface area (Å²) in [5, 5.41) is 18.5. The van der Waals surface area contributed by atoms with Gasteiger partial charge in [-0.25, -0.2) is 0 Å². The van der Waals surface area contributed by atoms with Crippen LogP contribution in [0.3, 0.4) is 0 Å². The summed E-state index contributed by atoms with van der Waals surface area (Å²) < 4.78 is 7.80. The number of hydrogen-bond donors (Lipinski definition) is 2. The summed E-state index contributed by atoms with van der Waals surface area (Å²) in [6, 6.07) is 11.5. The Hall–Kier alpha value is -3.98. The van der Waals surface area contributed by atoms with E-state index in [1.54, 1.807) is 17.1 Å². The number of carboxylic acid groups (broad SMARTS) is 1. The Morgan fingerprint density at radius 1 is 1.19 bits per heavy atom. The van der Waals surface area contributed by atoms with Crippen molar-refractivity contribution in [3.63, 3.8) is 0 Å². The Balaban J connectivity index is 1.32. The Bertz CT molecular complexity index is 1400. The van der Waals surface area contributed by atoms with Gasteiger partial charge in [0.05, 0.1) is 42.2 Å². The standard InChI is InChI=1S/C28H32N6O3/c1-33(2)18-19-12-20(16-29-15-19)27(14-28(35)36)34-26-8-6-23(13-21(26)17-31-34)37-11-9-22-5-7-24-25(32-22)4-3-10-30-24/h5-8,12-13,15-17,27,30H,3-4,9-11,14,18H2,1-2H3,(H,35,36). The fourth-order valence-corrected chi connectivity index (χ4v) is 4.81. The average molecular weight is 501 g/mol. The van der Waals surface area contributed by atoms with Crippen LogP contribution < -0.4 is 10.1 Å². The molecule has 9 nitrogen and oxygen atoms in total. The molecule has 0 radical (unpaired) electrons. The van der Waals surface area contributed by atoms with E-state index >= 15 is 0 Å². The molecular formula is C28H32N6O3. The smallest absolute Gasteiger partial charge is 0.305 e. The second-order valence-corrected chi connectivity index (χ2v) is 9.71. The second-order valence-electron chi connectivity index (χ2n) is 9.71. The zero-order valence-corrected chi connectivity index (χ0v) is 21.2. The number of nitrogens with zero attached hydrogens (tertiary/aromatic N) is 5. The summed E-state index contributed by atoms with van der Waals surface area (Å²) in [5.74, 6) is -0.144. The minimum atomic E-state index is -0.891. The zero-order chi connectivity index (χ0) is 25.8. The molecule has 0 fully saturated rings. The third-order valence-corrected chi connectivity index (χ3v) is 6.49. The second kappa shape index (κ2) is 11.0. The first-order valence-corrected chi connectivity index (χ1v) is 12.6. The van der Waals surface area contributed by atoms with Crippen molar-refractivity contribution in [1.82, 2.24) is 24.6 Å². The largest absolute Gasteiger partial charge is 0.493 e. The Morgan fingerprint density at radius 2 is 2.08 bits per heavy atom. The molecule has 1 aliphatic rings. The van der Waals surface area contributed by atoms with Gasteiger partial charge in [0, 0.05) is 43.0 Å². The van der Waals surface area contributed by atoms with Gasteiger partial charge >= 0.3 is 5.97 Å². The summed E-state index contributed by atoms with van der Waals surface area (Å²) >= 11 is 0. The van der Waals surface area contributed by atoms with Crippen LogP contribution in [0, 0.1) is 0 Å². The SMILES string of the molecule is CN(C)Cc1cncc(C(CC(=O)O)n2ncc3cc(OCCc4ccc5c(n4)CCCN5)ccc32)c1. The lowest BCUT2D eigenvalue weighted by atomic mass is 10.0. The summed E-state index contributed by atoms with van der Waals surface area (Å²) in [5.41, 5.74) is 5.99. The molecule has 0 aliphatic carbocycles. The van der Waals surface area contributed by atoms with E-state index in [2.05, 4.69) is 32.4 Å². The molecule has 5 rings (SSSR count). The van der Waals surface area contributed by atoms with Crippen molar-refractivity contribution in [3.05, 3.63) is 77.5 Å². The molecular weight excluding hydrogens is 468 g/mol. The summed E-state index contributed by atoms with van der Waals surface area (Å²) in [6.07, 6.45) is 8.04. The van der Waals surface area contributed by atoms with Crippen molar-refractivity contribution in [2.45, 2.75) is 38.3 Å². The molecule has 0 amide bonds. The van der Waals surface area contributed by atoms with Crippen LogP contribution in [0.4, 0.5) is 5.69 Å². The minimum Gasteiger partial charge on any atom is -0.493 e. The highest BCUT2D eigenvalue weighted by Crippen LogP contribution is 2.29. The number of ether oxygens (including phenoxy) is 1. The topological polar surface area (TPSA) is 105 Å². The first-order chi connectivity index (χ1) is 18.0.